The van der Waals surface area contributed by atoms with Gasteiger partial charge in [-0.25, -0.2) is 0 Å². The van der Waals surface area contributed by atoms with E-state index in [1.807, 2.05) is 14.1 Å². The van der Waals surface area contributed by atoms with Gasteiger partial charge in [0, 0.05) is 0 Å². The highest BCUT2D eigenvalue weighted by molar-refractivity contribution is 4.61. The fourth-order valence-corrected chi connectivity index (χ4v) is 0.763. The molecule has 0 bridgehead atoms. The summed E-state index contributed by atoms with van der Waals surface area (Å²) in [5, 5.41) is 0. The zero-order valence-electron chi connectivity index (χ0n) is 10.4. The summed E-state index contributed by atoms with van der Waals surface area (Å²) in [6.07, 6.45) is 0. The summed E-state index contributed by atoms with van der Waals surface area (Å²) in [6.45, 7) is 8.47. The first-order chi connectivity index (χ1) is 5.59. The van der Waals surface area contributed by atoms with Crippen molar-refractivity contribution >= 4 is 0 Å². The van der Waals surface area contributed by atoms with Crippen molar-refractivity contribution in [2.45, 2.75) is 39.5 Å². The highest BCUT2D eigenvalue weighted by Crippen LogP contribution is 2.19. The molecule has 0 aromatic carbocycles. The van der Waals surface area contributed by atoms with Crippen molar-refractivity contribution < 1.29 is 9.48 Å². The third-order valence-electron chi connectivity index (χ3n) is 2.78. The number of rotatable bonds is 4. The van der Waals surface area contributed by atoms with E-state index < -0.39 is 0 Å². The van der Waals surface area contributed by atoms with Crippen LogP contribution in [0.5, 0.6) is 0 Å². The molecular weight excluding hydrogens is 164 g/mol. The van der Waals surface area contributed by atoms with Crippen LogP contribution in [0, 0.1) is 0 Å². The number of hydrogen-bond acceptors (Lipinski definition) is 2. The summed E-state index contributed by atoms with van der Waals surface area (Å²) in [6, 6.07) is 0.458. The quantitative estimate of drug-likeness (QED) is 0.379. The maximum absolute atomic E-state index is 6.01. The maximum Gasteiger partial charge on any atom is 0.174 e. The summed E-state index contributed by atoms with van der Waals surface area (Å²) in [5.74, 6) is 0. The Balaban J connectivity index is 4.42. The minimum atomic E-state index is -0.228. The largest absolute Gasteiger partial charge is 0.277 e. The fourth-order valence-electron chi connectivity index (χ4n) is 0.763. The van der Waals surface area contributed by atoms with Crippen LogP contribution in [0.25, 0.3) is 0 Å². The topological polar surface area (TPSA) is 12.5 Å². The van der Waals surface area contributed by atoms with Crippen molar-refractivity contribution in [1.82, 2.24) is 4.90 Å². The van der Waals surface area contributed by atoms with Crippen molar-refractivity contribution in [1.29, 1.82) is 0 Å². The zero-order valence-corrected chi connectivity index (χ0v) is 10.4. The lowest BCUT2D eigenvalue weighted by atomic mass is 10.3. The van der Waals surface area contributed by atoms with Crippen molar-refractivity contribution in [2.24, 2.45) is 0 Å². The normalized spacial score (nSPS) is 14.3. The first-order valence-electron chi connectivity index (χ1n) is 4.81. The average Bonchev–Trinajstić information content (AvgIpc) is 1.83. The predicted octanol–water partition coefficient (Wildman–Crippen LogP) is 1.70. The van der Waals surface area contributed by atoms with Crippen LogP contribution in [0.2, 0.25) is 0 Å². The Hall–Kier alpha value is -0.120. The molecule has 0 radical (unpaired) electrons. The molecule has 0 unspecified atom stereocenters. The van der Waals surface area contributed by atoms with Gasteiger partial charge in [-0.15, -0.1) is 0 Å². The van der Waals surface area contributed by atoms with Gasteiger partial charge in [-0.05, 0) is 41.8 Å². The molecule has 0 atom stereocenters. The molecule has 0 rings (SSSR count). The van der Waals surface area contributed by atoms with Gasteiger partial charge in [-0.1, -0.05) is 0 Å². The van der Waals surface area contributed by atoms with Crippen molar-refractivity contribution in [3.05, 3.63) is 0 Å². The van der Waals surface area contributed by atoms with Crippen molar-refractivity contribution in [3.63, 3.8) is 0 Å². The maximum atomic E-state index is 6.01. The van der Waals surface area contributed by atoms with Crippen LogP contribution < -0.4 is 0 Å². The molecule has 0 amide bonds. The van der Waals surface area contributed by atoms with Gasteiger partial charge < -0.3 is 0 Å². The Morgan fingerprint density at radius 2 is 1.54 bits per heavy atom. The second kappa shape index (κ2) is 3.95. The Bertz CT molecular complexity index is 144. The van der Waals surface area contributed by atoms with Gasteiger partial charge in [0.25, 0.3) is 0 Å². The van der Waals surface area contributed by atoms with Crippen LogP contribution in [-0.4, -0.2) is 49.5 Å². The highest BCUT2D eigenvalue weighted by atomic mass is 16.7. The van der Waals surface area contributed by atoms with Crippen molar-refractivity contribution in [2.75, 3.05) is 28.2 Å². The summed E-state index contributed by atoms with van der Waals surface area (Å²) >= 11 is 0. The number of quaternary nitrogens is 1. The van der Waals surface area contributed by atoms with Gasteiger partial charge in [0.05, 0.1) is 14.1 Å². The molecular formula is C10H25N2O+. The molecule has 0 spiro atoms. The molecule has 13 heavy (non-hydrogen) atoms. The van der Waals surface area contributed by atoms with Gasteiger partial charge in [0.2, 0.25) is 0 Å². The monoisotopic (exact) mass is 189 g/mol. The first kappa shape index (κ1) is 12.9. The van der Waals surface area contributed by atoms with E-state index in [0.717, 1.165) is 0 Å². The number of hydrogen-bond donors (Lipinski definition) is 0. The molecule has 0 N–H and O–H groups in total. The van der Waals surface area contributed by atoms with Crippen LogP contribution in [0.15, 0.2) is 0 Å². The smallest absolute Gasteiger partial charge is 0.174 e. The van der Waals surface area contributed by atoms with Gasteiger partial charge in [0.15, 0.2) is 5.72 Å². The Morgan fingerprint density at radius 1 is 1.15 bits per heavy atom. The van der Waals surface area contributed by atoms with Crippen LogP contribution in [0.4, 0.5) is 0 Å². The van der Waals surface area contributed by atoms with E-state index in [0.29, 0.717) is 10.7 Å². The van der Waals surface area contributed by atoms with Crippen LogP contribution in [-0.2, 0) is 4.84 Å². The van der Waals surface area contributed by atoms with Crippen LogP contribution >= 0.6 is 0 Å². The molecule has 0 aliphatic carbocycles. The minimum Gasteiger partial charge on any atom is -0.277 e. The average molecular weight is 189 g/mol. The molecule has 80 valence electrons. The predicted molar refractivity (Wildman–Crippen MR) is 56.1 cm³/mol. The molecule has 0 aliphatic heterocycles. The summed E-state index contributed by atoms with van der Waals surface area (Å²) in [5.41, 5.74) is -0.228. The van der Waals surface area contributed by atoms with Crippen LogP contribution in [0.3, 0.4) is 0 Å². The van der Waals surface area contributed by atoms with E-state index in [2.05, 4.69) is 46.7 Å². The van der Waals surface area contributed by atoms with E-state index in [9.17, 15) is 0 Å². The molecule has 0 saturated heterocycles. The summed E-state index contributed by atoms with van der Waals surface area (Å²) in [7, 11) is 8.21. The summed E-state index contributed by atoms with van der Waals surface area (Å²) < 4.78 is 0.575. The van der Waals surface area contributed by atoms with E-state index in [4.69, 9.17) is 4.84 Å². The molecule has 0 fully saturated rings. The first-order valence-corrected chi connectivity index (χ1v) is 4.81. The lowest BCUT2D eigenvalue weighted by molar-refractivity contribution is -1.10. The second-order valence-corrected chi connectivity index (χ2v) is 4.96. The molecule has 0 aliphatic rings. The summed E-state index contributed by atoms with van der Waals surface area (Å²) in [4.78, 5) is 8.09. The third kappa shape index (κ3) is 3.63. The minimum absolute atomic E-state index is 0.228. The number of nitrogens with zero attached hydrogens (tertiary/aromatic N) is 2. The Labute approximate surface area is 82.8 Å². The van der Waals surface area contributed by atoms with Crippen LogP contribution in [0.1, 0.15) is 27.7 Å². The van der Waals surface area contributed by atoms with Gasteiger partial charge in [-0.3, -0.25) is 4.90 Å². The lowest BCUT2D eigenvalue weighted by Crippen LogP contribution is -2.55. The Morgan fingerprint density at radius 3 is 1.77 bits per heavy atom. The fraction of sp³-hybridized carbons (Fsp3) is 1.00. The molecule has 0 aromatic rings. The molecule has 3 heteroatoms. The van der Waals surface area contributed by atoms with E-state index in [-0.39, 0.29) is 5.72 Å². The zero-order chi connectivity index (χ0) is 10.9. The van der Waals surface area contributed by atoms with E-state index >= 15 is 0 Å². The van der Waals surface area contributed by atoms with Gasteiger partial charge in [0.1, 0.15) is 6.04 Å². The second-order valence-electron chi connectivity index (χ2n) is 4.96. The number of hydroxylamine groups is 3. The third-order valence-corrected chi connectivity index (χ3v) is 2.78. The highest BCUT2D eigenvalue weighted by Gasteiger charge is 2.34. The van der Waals surface area contributed by atoms with E-state index in [1.54, 1.807) is 0 Å². The van der Waals surface area contributed by atoms with Gasteiger partial charge in [-0.2, -0.15) is 9.48 Å². The molecule has 0 aromatic heterocycles. The molecule has 3 nitrogen and oxygen atoms in total. The Kier molecular flexibility index (Phi) is 3.91. The van der Waals surface area contributed by atoms with E-state index in [1.165, 1.54) is 0 Å². The van der Waals surface area contributed by atoms with Gasteiger partial charge >= 0.3 is 0 Å². The van der Waals surface area contributed by atoms with Crippen molar-refractivity contribution in [3.8, 4) is 0 Å². The standard InChI is InChI=1S/C10H25N2O/c1-9(2)12(7,8)13-10(3,4)11(5)6/h9H,1-8H3/q+1. The molecule has 0 heterocycles. The lowest BCUT2D eigenvalue weighted by Gasteiger charge is -2.41. The molecule has 0 saturated carbocycles. The SMILES string of the molecule is CC(C)[N+](C)(C)OC(C)(C)N(C)C.